The summed E-state index contributed by atoms with van der Waals surface area (Å²) in [5.41, 5.74) is 6.94. The highest BCUT2D eigenvalue weighted by atomic mass is 79.9. The molecule has 0 amide bonds. The number of nitrogen functional groups attached to an aromatic ring is 1. The Morgan fingerprint density at radius 3 is 2.90 bits per heavy atom. The fourth-order valence-electron chi connectivity index (χ4n) is 0.596. The van der Waals surface area contributed by atoms with Crippen molar-refractivity contribution >= 4 is 33.2 Å². The van der Waals surface area contributed by atoms with Gasteiger partial charge in [0.2, 0.25) is 0 Å². The van der Waals surface area contributed by atoms with Crippen molar-refractivity contribution < 1.29 is 0 Å². The Hall–Kier alpha value is -0.280. The highest BCUT2D eigenvalue weighted by Gasteiger charge is 2.00. The van der Waals surface area contributed by atoms with Gasteiger partial charge in [0.1, 0.15) is 0 Å². The summed E-state index contributed by atoms with van der Waals surface area (Å²) >= 11 is 8.80. The van der Waals surface area contributed by atoms with Gasteiger partial charge in [0, 0.05) is 10.7 Å². The summed E-state index contributed by atoms with van der Waals surface area (Å²) in [7, 11) is 0. The molecular formula is C6H6BrClN2. The summed E-state index contributed by atoms with van der Waals surface area (Å²) in [6, 6.07) is 1.78. The highest BCUT2D eigenvalue weighted by Crippen LogP contribution is 2.21. The van der Waals surface area contributed by atoms with Crippen LogP contribution >= 0.6 is 27.5 Å². The van der Waals surface area contributed by atoms with Gasteiger partial charge in [-0.2, -0.15) is 0 Å². The van der Waals surface area contributed by atoms with E-state index in [1.54, 1.807) is 12.3 Å². The number of anilines is 1. The monoisotopic (exact) mass is 220 g/mol. The molecule has 54 valence electrons. The minimum absolute atomic E-state index is 0.352. The molecular weight excluding hydrogens is 215 g/mol. The number of nitrogens with zero attached hydrogens (tertiary/aromatic N) is 1. The predicted molar refractivity (Wildman–Crippen MR) is 45.9 cm³/mol. The molecule has 1 heterocycles. The number of halogens is 2. The van der Waals surface area contributed by atoms with E-state index in [1.807, 2.05) is 0 Å². The van der Waals surface area contributed by atoms with Crippen molar-refractivity contribution in [3.8, 4) is 0 Å². The van der Waals surface area contributed by atoms with E-state index in [-0.39, 0.29) is 0 Å². The molecule has 0 saturated heterocycles. The third kappa shape index (κ3) is 1.41. The van der Waals surface area contributed by atoms with E-state index in [0.29, 0.717) is 11.6 Å². The molecule has 1 rings (SSSR count). The number of hydrogen-bond donors (Lipinski definition) is 1. The normalized spacial score (nSPS) is 9.80. The van der Waals surface area contributed by atoms with E-state index in [0.717, 1.165) is 10.2 Å². The summed E-state index contributed by atoms with van der Waals surface area (Å²) in [6.45, 7) is 0. The van der Waals surface area contributed by atoms with Gasteiger partial charge in [-0.15, -0.1) is 11.6 Å². The fraction of sp³-hybridized carbons (Fsp3) is 0.167. The number of alkyl halides is 1. The standard InChI is InChI=1S/C6H6BrClN2/c7-4-1-2-10-5(3-8)6(4)9/h1-2H,3,9H2. The van der Waals surface area contributed by atoms with Crippen LogP contribution in [0.3, 0.4) is 0 Å². The minimum atomic E-state index is 0.352. The number of pyridine rings is 1. The van der Waals surface area contributed by atoms with Gasteiger partial charge in [0.25, 0.3) is 0 Å². The smallest absolute Gasteiger partial charge is 0.0791 e. The van der Waals surface area contributed by atoms with E-state index in [2.05, 4.69) is 20.9 Å². The third-order valence-corrected chi connectivity index (χ3v) is 2.09. The van der Waals surface area contributed by atoms with E-state index in [4.69, 9.17) is 17.3 Å². The van der Waals surface area contributed by atoms with Crippen molar-refractivity contribution in [1.29, 1.82) is 0 Å². The first-order chi connectivity index (χ1) is 4.75. The lowest BCUT2D eigenvalue weighted by Gasteiger charge is -2.00. The largest absolute Gasteiger partial charge is 0.396 e. The lowest BCUT2D eigenvalue weighted by molar-refractivity contribution is 1.17. The van der Waals surface area contributed by atoms with Gasteiger partial charge in [0.15, 0.2) is 0 Å². The molecule has 0 aliphatic heterocycles. The topological polar surface area (TPSA) is 38.9 Å². The van der Waals surface area contributed by atoms with Crippen molar-refractivity contribution in [3.05, 3.63) is 22.4 Å². The Balaban J connectivity index is 3.14. The molecule has 0 bridgehead atoms. The summed E-state index contributed by atoms with van der Waals surface area (Å²) in [5, 5.41) is 0. The van der Waals surface area contributed by atoms with Crippen molar-refractivity contribution in [2.45, 2.75) is 5.88 Å². The fourth-order valence-corrected chi connectivity index (χ4v) is 1.16. The van der Waals surface area contributed by atoms with Crippen LogP contribution in [-0.2, 0) is 5.88 Å². The van der Waals surface area contributed by atoms with Crippen LogP contribution in [0.1, 0.15) is 5.69 Å². The summed E-state index contributed by atoms with van der Waals surface area (Å²) in [6.07, 6.45) is 1.66. The van der Waals surface area contributed by atoms with Gasteiger partial charge in [0.05, 0.1) is 17.3 Å². The number of aromatic nitrogens is 1. The van der Waals surface area contributed by atoms with Crippen LogP contribution in [0.4, 0.5) is 5.69 Å². The highest BCUT2D eigenvalue weighted by molar-refractivity contribution is 9.10. The van der Waals surface area contributed by atoms with Crippen LogP contribution in [0.5, 0.6) is 0 Å². The van der Waals surface area contributed by atoms with Gasteiger partial charge in [-0.05, 0) is 22.0 Å². The van der Waals surface area contributed by atoms with Crippen LogP contribution in [0.25, 0.3) is 0 Å². The van der Waals surface area contributed by atoms with Crippen LogP contribution < -0.4 is 5.73 Å². The van der Waals surface area contributed by atoms with E-state index in [9.17, 15) is 0 Å². The molecule has 0 unspecified atom stereocenters. The summed E-state index contributed by atoms with van der Waals surface area (Å²) in [5.74, 6) is 0.352. The lowest BCUT2D eigenvalue weighted by Crippen LogP contribution is -1.95. The van der Waals surface area contributed by atoms with Crippen LogP contribution in [0.2, 0.25) is 0 Å². The Kier molecular flexibility index (Phi) is 2.51. The van der Waals surface area contributed by atoms with E-state index in [1.165, 1.54) is 0 Å². The van der Waals surface area contributed by atoms with Gasteiger partial charge in [-0.1, -0.05) is 0 Å². The first-order valence-corrected chi connectivity index (χ1v) is 4.03. The van der Waals surface area contributed by atoms with Crippen LogP contribution in [-0.4, -0.2) is 4.98 Å². The molecule has 2 N–H and O–H groups in total. The Bertz CT molecular complexity index is 239. The SMILES string of the molecule is Nc1c(Br)ccnc1CCl. The molecule has 0 atom stereocenters. The minimum Gasteiger partial charge on any atom is -0.396 e. The zero-order chi connectivity index (χ0) is 7.56. The Morgan fingerprint density at radius 1 is 1.70 bits per heavy atom. The Labute approximate surface area is 72.5 Å². The molecule has 1 aromatic heterocycles. The van der Waals surface area contributed by atoms with Crippen molar-refractivity contribution in [1.82, 2.24) is 4.98 Å². The maximum atomic E-state index is 5.60. The van der Waals surface area contributed by atoms with Crippen molar-refractivity contribution in [3.63, 3.8) is 0 Å². The first kappa shape index (κ1) is 7.82. The molecule has 2 nitrogen and oxygen atoms in total. The first-order valence-electron chi connectivity index (χ1n) is 2.70. The second-order valence-corrected chi connectivity index (χ2v) is 2.91. The van der Waals surface area contributed by atoms with Crippen molar-refractivity contribution in [2.24, 2.45) is 0 Å². The maximum absolute atomic E-state index is 5.60. The average molecular weight is 221 g/mol. The van der Waals surface area contributed by atoms with E-state index < -0.39 is 0 Å². The second-order valence-electron chi connectivity index (χ2n) is 1.79. The zero-order valence-corrected chi connectivity index (χ0v) is 7.48. The number of nitrogens with two attached hydrogens (primary N) is 1. The predicted octanol–water partition coefficient (Wildman–Crippen LogP) is 2.17. The van der Waals surface area contributed by atoms with E-state index >= 15 is 0 Å². The molecule has 0 aliphatic rings. The van der Waals surface area contributed by atoms with Crippen LogP contribution in [0.15, 0.2) is 16.7 Å². The van der Waals surface area contributed by atoms with Crippen LogP contribution in [0, 0.1) is 0 Å². The van der Waals surface area contributed by atoms with Gasteiger partial charge in [-0.3, -0.25) is 4.98 Å². The molecule has 4 heteroatoms. The van der Waals surface area contributed by atoms with Crippen molar-refractivity contribution in [2.75, 3.05) is 5.73 Å². The maximum Gasteiger partial charge on any atom is 0.0791 e. The molecule has 0 spiro atoms. The second kappa shape index (κ2) is 3.21. The third-order valence-electron chi connectivity index (χ3n) is 1.15. The Morgan fingerprint density at radius 2 is 2.40 bits per heavy atom. The molecule has 0 radical (unpaired) electrons. The number of hydrogen-bond acceptors (Lipinski definition) is 2. The summed E-state index contributed by atoms with van der Waals surface area (Å²) < 4.78 is 0.846. The molecule has 0 aromatic carbocycles. The average Bonchev–Trinajstić information content (AvgIpc) is 1.95. The molecule has 1 aromatic rings. The molecule has 0 saturated carbocycles. The molecule has 0 fully saturated rings. The zero-order valence-electron chi connectivity index (χ0n) is 5.14. The quantitative estimate of drug-likeness (QED) is 0.738. The lowest BCUT2D eigenvalue weighted by atomic mass is 10.3. The molecule has 10 heavy (non-hydrogen) atoms. The van der Waals surface area contributed by atoms with Gasteiger partial charge < -0.3 is 5.73 Å². The van der Waals surface area contributed by atoms with Gasteiger partial charge >= 0.3 is 0 Å². The van der Waals surface area contributed by atoms with Gasteiger partial charge in [-0.25, -0.2) is 0 Å². The number of rotatable bonds is 1. The summed E-state index contributed by atoms with van der Waals surface area (Å²) in [4.78, 5) is 3.97. The molecule has 0 aliphatic carbocycles.